The average Bonchev–Trinajstić information content (AvgIpc) is 2.85. The van der Waals surface area contributed by atoms with Gasteiger partial charge in [0.25, 0.3) is 5.91 Å². The number of carbonyl (C=O) groups excluding carboxylic acids is 1. The molecule has 0 aliphatic carbocycles. The zero-order valence-corrected chi connectivity index (χ0v) is 12.2. The van der Waals surface area contributed by atoms with Crippen molar-refractivity contribution in [2.45, 2.75) is 13.3 Å². The van der Waals surface area contributed by atoms with Crippen molar-refractivity contribution in [3.05, 3.63) is 11.8 Å². The maximum absolute atomic E-state index is 12.1. The van der Waals surface area contributed by atoms with Gasteiger partial charge >= 0.3 is 0 Å². The topological polar surface area (TPSA) is 112 Å². The molecule has 0 saturated carbocycles. The van der Waals surface area contributed by atoms with Crippen LogP contribution < -0.4 is 5.73 Å². The van der Waals surface area contributed by atoms with E-state index in [-0.39, 0.29) is 17.5 Å². The highest BCUT2D eigenvalue weighted by Crippen LogP contribution is 2.12. The van der Waals surface area contributed by atoms with Crippen LogP contribution in [0.5, 0.6) is 0 Å². The standard InChI is InChI=1S/C11H19N5O3S/c1-2-7-20(18,19)16-5-3-15(4-6-16)11(17)9-8-10(12)14-13-9/h8H,2-7H2,1H3,(H3,12,13,14). The Kier molecular flexibility index (Phi) is 4.29. The number of anilines is 1. The van der Waals surface area contributed by atoms with Crippen molar-refractivity contribution >= 4 is 21.7 Å². The van der Waals surface area contributed by atoms with E-state index in [0.29, 0.717) is 38.3 Å². The summed E-state index contributed by atoms with van der Waals surface area (Å²) >= 11 is 0. The van der Waals surface area contributed by atoms with Gasteiger partial charge in [0, 0.05) is 32.2 Å². The number of aromatic amines is 1. The number of nitrogens with zero attached hydrogens (tertiary/aromatic N) is 3. The van der Waals surface area contributed by atoms with Crippen LogP contribution in [0, 0.1) is 0 Å². The maximum Gasteiger partial charge on any atom is 0.272 e. The molecule has 9 heteroatoms. The summed E-state index contributed by atoms with van der Waals surface area (Å²) in [7, 11) is -3.19. The molecule has 0 spiro atoms. The van der Waals surface area contributed by atoms with E-state index in [2.05, 4.69) is 10.2 Å². The summed E-state index contributed by atoms with van der Waals surface area (Å²) in [6, 6.07) is 1.47. The van der Waals surface area contributed by atoms with E-state index in [9.17, 15) is 13.2 Å². The summed E-state index contributed by atoms with van der Waals surface area (Å²) in [5.74, 6) is 0.206. The van der Waals surface area contributed by atoms with Crippen molar-refractivity contribution < 1.29 is 13.2 Å². The molecule has 0 radical (unpaired) electrons. The van der Waals surface area contributed by atoms with Gasteiger partial charge in [-0.25, -0.2) is 8.42 Å². The highest BCUT2D eigenvalue weighted by atomic mass is 32.2. The van der Waals surface area contributed by atoms with Gasteiger partial charge in [0.2, 0.25) is 10.0 Å². The molecule has 3 N–H and O–H groups in total. The van der Waals surface area contributed by atoms with Crippen LogP contribution in [0.15, 0.2) is 6.07 Å². The van der Waals surface area contributed by atoms with Crippen LogP contribution in [-0.2, 0) is 10.0 Å². The first-order valence-electron chi connectivity index (χ1n) is 6.52. The van der Waals surface area contributed by atoms with E-state index in [1.807, 2.05) is 6.92 Å². The number of nitrogens with one attached hydrogen (secondary N) is 1. The Hall–Kier alpha value is -1.61. The molecular weight excluding hydrogens is 282 g/mol. The highest BCUT2D eigenvalue weighted by molar-refractivity contribution is 7.89. The van der Waals surface area contributed by atoms with Crippen molar-refractivity contribution in [3.8, 4) is 0 Å². The number of amides is 1. The number of piperazine rings is 1. The van der Waals surface area contributed by atoms with Crippen LogP contribution in [-0.4, -0.2) is 65.7 Å². The highest BCUT2D eigenvalue weighted by Gasteiger charge is 2.29. The van der Waals surface area contributed by atoms with Gasteiger partial charge in [-0.3, -0.25) is 9.89 Å². The van der Waals surface area contributed by atoms with Crippen LogP contribution in [0.3, 0.4) is 0 Å². The summed E-state index contributed by atoms with van der Waals surface area (Å²) in [5, 5.41) is 6.28. The van der Waals surface area contributed by atoms with E-state index >= 15 is 0 Å². The third-order valence-corrected chi connectivity index (χ3v) is 5.29. The maximum atomic E-state index is 12.1. The number of aromatic nitrogens is 2. The van der Waals surface area contributed by atoms with Crippen LogP contribution in [0.2, 0.25) is 0 Å². The molecule has 1 fully saturated rings. The van der Waals surface area contributed by atoms with Crippen molar-refractivity contribution in [3.63, 3.8) is 0 Å². The van der Waals surface area contributed by atoms with Gasteiger partial charge in [-0.15, -0.1) is 0 Å². The second-order valence-electron chi connectivity index (χ2n) is 4.71. The number of nitrogen functional groups attached to an aromatic ring is 1. The molecule has 0 unspecified atom stereocenters. The number of rotatable bonds is 4. The zero-order valence-electron chi connectivity index (χ0n) is 11.4. The second-order valence-corrected chi connectivity index (χ2v) is 6.80. The van der Waals surface area contributed by atoms with Gasteiger partial charge in [0.05, 0.1) is 5.75 Å². The van der Waals surface area contributed by atoms with Crippen LogP contribution >= 0.6 is 0 Å². The number of hydrogen-bond acceptors (Lipinski definition) is 5. The number of carbonyl (C=O) groups is 1. The fourth-order valence-electron chi connectivity index (χ4n) is 2.17. The SMILES string of the molecule is CCCS(=O)(=O)N1CCN(C(=O)c2cc(N)n[nH]2)CC1. The van der Waals surface area contributed by atoms with E-state index in [0.717, 1.165) is 0 Å². The molecule has 20 heavy (non-hydrogen) atoms. The normalized spacial score (nSPS) is 17.4. The van der Waals surface area contributed by atoms with Gasteiger partial charge in [0.1, 0.15) is 11.5 Å². The smallest absolute Gasteiger partial charge is 0.272 e. The molecule has 112 valence electrons. The largest absolute Gasteiger partial charge is 0.382 e. The van der Waals surface area contributed by atoms with Gasteiger partial charge < -0.3 is 10.6 Å². The van der Waals surface area contributed by atoms with Gasteiger partial charge in [-0.05, 0) is 6.42 Å². The predicted molar refractivity (Wildman–Crippen MR) is 74.6 cm³/mol. The first-order valence-corrected chi connectivity index (χ1v) is 8.13. The Labute approximate surface area is 118 Å². The number of sulfonamides is 1. The lowest BCUT2D eigenvalue weighted by atomic mass is 10.3. The van der Waals surface area contributed by atoms with E-state index in [1.54, 1.807) is 4.90 Å². The van der Waals surface area contributed by atoms with Crippen LogP contribution in [0.25, 0.3) is 0 Å². The molecule has 1 saturated heterocycles. The molecular formula is C11H19N5O3S. The number of H-pyrrole nitrogens is 1. The van der Waals surface area contributed by atoms with Crippen molar-refractivity contribution in [1.29, 1.82) is 0 Å². The zero-order chi connectivity index (χ0) is 14.8. The Bertz CT molecular complexity index is 575. The Morgan fingerprint density at radius 2 is 2.05 bits per heavy atom. The third-order valence-electron chi connectivity index (χ3n) is 3.21. The summed E-state index contributed by atoms with van der Waals surface area (Å²) in [5.41, 5.74) is 5.78. The van der Waals surface area contributed by atoms with Crippen LogP contribution in [0.4, 0.5) is 5.82 Å². The number of nitrogens with two attached hydrogens (primary N) is 1. The lowest BCUT2D eigenvalue weighted by Crippen LogP contribution is -2.51. The average molecular weight is 301 g/mol. The lowest BCUT2D eigenvalue weighted by molar-refractivity contribution is 0.0692. The molecule has 1 amide bonds. The molecule has 0 atom stereocenters. The molecule has 2 heterocycles. The van der Waals surface area contributed by atoms with E-state index in [1.165, 1.54) is 10.4 Å². The third kappa shape index (κ3) is 3.10. The first-order chi connectivity index (χ1) is 9.44. The van der Waals surface area contributed by atoms with Crippen molar-refractivity contribution in [2.75, 3.05) is 37.7 Å². The first kappa shape index (κ1) is 14.8. The molecule has 0 bridgehead atoms. The molecule has 1 aliphatic rings. The van der Waals surface area contributed by atoms with Gasteiger partial charge in [-0.2, -0.15) is 9.40 Å². The van der Waals surface area contributed by atoms with E-state index < -0.39 is 10.0 Å². The predicted octanol–water partition coefficient (Wildman–Crippen LogP) is -0.510. The molecule has 1 aromatic rings. The molecule has 1 aliphatic heterocycles. The summed E-state index contributed by atoms with van der Waals surface area (Å²) in [4.78, 5) is 13.7. The van der Waals surface area contributed by atoms with E-state index in [4.69, 9.17) is 5.73 Å². The lowest BCUT2D eigenvalue weighted by Gasteiger charge is -2.33. The second kappa shape index (κ2) is 5.80. The number of hydrogen-bond donors (Lipinski definition) is 2. The van der Waals surface area contributed by atoms with Crippen molar-refractivity contribution in [2.24, 2.45) is 0 Å². The molecule has 8 nitrogen and oxygen atoms in total. The van der Waals surface area contributed by atoms with Gasteiger partial charge in [-0.1, -0.05) is 6.92 Å². The molecule has 0 aromatic carbocycles. The fourth-order valence-corrected chi connectivity index (χ4v) is 3.67. The molecule has 1 aromatic heterocycles. The fraction of sp³-hybridized carbons (Fsp3) is 0.636. The summed E-state index contributed by atoms with van der Waals surface area (Å²) < 4.78 is 25.3. The Morgan fingerprint density at radius 3 is 2.55 bits per heavy atom. The minimum absolute atomic E-state index is 0.151. The monoisotopic (exact) mass is 301 g/mol. The quantitative estimate of drug-likeness (QED) is 0.777. The minimum atomic E-state index is -3.19. The van der Waals surface area contributed by atoms with Gasteiger partial charge in [0.15, 0.2) is 0 Å². The van der Waals surface area contributed by atoms with Crippen molar-refractivity contribution in [1.82, 2.24) is 19.4 Å². The Balaban J connectivity index is 1.96. The summed E-state index contributed by atoms with van der Waals surface area (Å²) in [6.07, 6.45) is 0.592. The minimum Gasteiger partial charge on any atom is -0.382 e. The summed E-state index contributed by atoms with van der Waals surface area (Å²) in [6.45, 7) is 3.25. The Morgan fingerprint density at radius 1 is 1.40 bits per heavy atom. The van der Waals surface area contributed by atoms with Crippen LogP contribution in [0.1, 0.15) is 23.8 Å². The molecule has 2 rings (SSSR count).